The van der Waals surface area contributed by atoms with Crippen LogP contribution in [0.1, 0.15) is 21.6 Å². The summed E-state index contributed by atoms with van der Waals surface area (Å²) in [5, 5.41) is 8.84. The number of hydrogen-bond acceptors (Lipinski definition) is 5. The lowest BCUT2D eigenvalue weighted by molar-refractivity contribution is -0.138. The second-order valence-electron chi connectivity index (χ2n) is 4.56. The largest absolute Gasteiger partial charge is 0.418 e. The third kappa shape index (κ3) is 3.74. The Hall–Kier alpha value is -3.00. The van der Waals surface area contributed by atoms with Gasteiger partial charge in [-0.25, -0.2) is 17.5 Å². The van der Waals surface area contributed by atoms with Gasteiger partial charge in [0.1, 0.15) is 28.0 Å². The van der Waals surface area contributed by atoms with Gasteiger partial charge >= 0.3 is 6.18 Å². The van der Waals surface area contributed by atoms with Gasteiger partial charge < -0.3 is 0 Å². The molecular weight excluding hydrogens is 366 g/mol. The number of benzene rings is 1. The van der Waals surface area contributed by atoms with Gasteiger partial charge in [-0.1, -0.05) is 6.07 Å². The van der Waals surface area contributed by atoms with Crippen LogP contribution in [-0.2, 0) is 16.2 Å². The number of halogens is 4. The molecule has 0 bridgehead atoms. The van der Waals surface area contributed by atoms with E-state index < -0.39 is 49.6 Å². The van der Waals surface area contributed by atoms with Gasteiger partial charge in [0.15, 0.2) is 0 Å². The van der Waals surface area contributed by atoms with E-state index in [0.717, 1.165) is 30.5 Å². The van der Waals surface area contributed by atoms with Gasteiger partial charge in [-0.3, -0.25) is 9.78 Å². The molecule has 6 nitrogen and oxygen atoms in total. The molecule has 2 aromatic rings. The van der Waals surface area contributed by atoms with Crippen molar-refractivity contribution >= 4 is 15.9 Å². The van der Waals surface area contributed by atoms with E-state index in [-0.39, 0.29) is 0 Å². The third-order valence-electron chi connectivity index (χ3n) is 2.93. The Morgan fingerprint density at radius 2 is 1.88 bits per heavy atom. The zero-order valence-corrected chi connectivity index (χ0v) is 12.8. The Morgan fingerprint density at radius 3 is 2.48 bits per heavy atom. The number of carbonyl (C=O) groups excluding carboxylic acids is 1. The monoisotopic (exact) mass is 373 g/mol. The zero-order chi connectivity index (χ0) is 18.8. The van der Waals surface area contributed by atoms with E-state index in [1.54, 1.807) is 0 Å². The quantitative estimate of drug-likeness (QED) is 0.832. The van der Waals surface area contributed by atoms with E-state index in [1.807, 2.05) is 0 Å². The maximum atomic E-state index is 13.5. The van der Waals surface area contributed by atoms with Crippen molar-refractivity contribution in [2.24, 2.45) is 0 Å². The molecule has 0 unspecified atom stereocenters. The van der Waals surface area contributed by atoms with Crippen LogP contribution in [0, 0.1) is 17.1 Å². The van der Waals surface area contributed by atoms with Crippen LogP contribution in [0.3, 0.4) is 0 Å². The van der Waals surface area contributed by atoms with Crippen LogP contribution in [-0.4, -0.2) is 19.3 Å². The predicted molar refractivity (Wildman–Crippen MR) is 75.0 cm³/mol. The molecule has 0 saturated carbocycles. The molecule has 0 saturated heterocycles. The second-order valence-corrected chi connectivity index (χ2v) is 6.21. The molecule has 0 fully saturated rings. The summed E-state index contributed by atoms with van der Waals surface area (Å²) in [7, 11) is -4.80. The van der Waals surface area contributed by atoms with Gasteiger partial charge in [0, 0.05) is 6.20 Å². The fraction of sp³-hybridized carbons (Fsp3) is 0.0714. The van der Waals surface area contributed by atoms with Crippen LogP contribution in [0.25, 0.3) is 0 Å². The summed E-state index contributed by atoms with van der Waals surface area (Å²) in [6, 6.07) is 5.42. The second kappa shape index (κ2) is 6.48. The molecule has 0 spiro atoms. The Morgan fingerprint density at radius 1 is 1.20 bits per heavy atom. The maximum absolute atomic E-state index is 13.5. The molecule has 1 aromatic carbocycles. The van der Waals surface area contributed by atoms with Crippen LogP contribution in [0.5, 0.6) is 0 Å². The highest BCUT2D eigenvalue weighted by Gasteiger charge is 2.37. The highest BCUT2D eigenvalue weighted by molar-refractivity contribution is 7.90. The molecule has 130 valence electrons. The molecule has 1 N–H and O–H groups in total. The van der Waals surface area contributed by atoms with Crippen molar-refractivity contribution in [1.29, 1.82) is 5.26 Å². The van der Waals surface area contributed by atoms with Crippen molar-refractivity contribution in [2.45, 2.75) is 11.1 Å². The van der Waals surface area contributed by atoms with Crippen LogP contribution >= 0.6 is 0 Å². The minimum atomic E-state index is -4.94. The van der Waals surface area contributed by atoms with Crippen molar-refractivity contribution in [3.05, 3.63) is 59.2 Å². The standard InChI is InChI=1S/C14H7F4N3O3S/c15-10-4-1-5-11(8(10)7-19)25(23,24)21-13(22)12-9(14(16,17)18)3-2-6-20-12/h1-6H,(H,21,22). The van der Waals surface area contributed by atoms with Gasteiger partial charge in [0.05, 0.1) is 5.56 Å². The zero-order valence-electron chi connectivity index (χ0n) is 12.0. The number of nitriles is 1. The first-order valence-electron chi connectivity index (χ1n) is 6.36. The van der Waals surface area contributed by atoms with E-state index in [0.29, 0.717) is 6.07 Å². The number of carbonyl (C=O) groups is 1. The average molecular weight is 373 g/mol. The molecule has 2 rings (SSSR count). The van der Waals surface area contributed by atoms with Crippen LogP contribution in [0.2, 0.25) is 0 Å². The highest BCUT2D eigenvalue weighted by atomic mass is 32.2. The molecule has 0 aliphatic carbocycles. The lowest BCUT2D eigenvalue weighted by Gasteiger charge is -2.12. The summed E-state index contributed by atoms with van der Waals surface area (Å²) in [5.74, 6) is -2.83. The number of nitrogens with zero attached hydrogens (tertiary/aromatic N) is 2. The Labute approximate surface area is 138 Å². The number of pyridine rings is 1. The first-order valence-corrected chi connectivity index (χ1v) is 7.84. The number of alkyl halides is 3. The molecule has 0 radical (unpaired) electrons. The normalized spacial score (nSPS) is 11.6. The van der Waals surface area contributed by atoms with E-state index in [4.69, 9.17) is 5.26 Å². The lowest BCUT2D eigenvalue weighted by Crippen LogP contribution is -2.33. The van der Waals surface area contributed by atoms with Crippen LogP contribution in [0.15, 0.2) is 41.4 Å². The predicted octanol–water partition coefficient (Wildman–Crippen LogP) is 2.23. The fourth-order valence-corrected chi connectivity index (χ4v) is 3.00. The van der Waals surface area contributed by atoms with Crippen LogP contribution in [0.4, 0.5) is 17.6 Å². The molecular formula is C14H7F4N3O3S. The first kappa shape index (κ1) is 18.3. The number of rotatable bonds is 3. The molecule has 0 atom stereocenters. The number of hydrogen-bond donors (Lipinski definition) is 1. The van der Waals surface area contributed by atoms with E-state index in [2.05, 4.69) is 4.98 Å². The summed E-state index contributed by atoms with van der Waals surface area (Å²) >= 11 is 0. The first-order chi connectivity index (χ1) is 11.6. The Kier molecular flexibility index (Phi) is 4.75. The van der Waals surface area contributed by atoms with E-state index >= 15 is 0 Å². The molecule has 11 heteroatoms. The SMILES string of the molecule is N#Cc1c(F)cccc1S(=O)(=O)NC(=O)c1ncccc1C(F)(F)F. The molecule has 0 aliphatic heterocycles. The summed E-state index contributed by atoms with van der Waals surface area (Å²) in [4.78, 5) is 14.3. The minimum Gasteiger partial charge on any atom is -0.266 e. The number of amides is 1. The molecule has 1 aromatic heterocycles. The number of aromatic nitrogens is 1. The summed E-state index contributed by atoms with van der Waals surface area (Å²) in [5.41, 5.74) is -3.49. The number of sulfonamides is 1. The van der Waals surface area contributed by atoms with Gasteiger partial charge in [-0.15, -0.1) is 0 Å². The van der Waals surface area contributed by atoms with Crippen molar-refractivity contribution in [1.82, 2.24) is 9.71 Å². The smallest absolute Gasteiger partial charge is 0.266 e. The Bertz CT molecular complexity index is 982. The maximum Gasteiger partial charge on any atom is 0.418 e. The summed E-state index contributed by atoms with van der Waals surface area (Å²) in [6.45, 7) is 0. The fourth-order valence-electron chi connectivity index (χ4n) is 1.88. The van der Waals surface area contributed by atoms with Crippen molar-refractivity contribution < 1.29 is 30.8 Å². The van der Waals surface area contributed by atoms with E-state index in [1.165, 1.54) is 10.8 Å². The van der Waals surface area contributed by atoms with Crippen molar-refractivity contribution in [2.75, 3.05) is 0 Å². The van der Waals surface area contributed by atoms with Gasteiger partial charge in [-0.2, -0.15) is 18.4 Å². The van der Waals surface area contributed by atoms with Gasteiger partial charge in [0.2, 0.25) is 0 Å². The number of nitrogens with one attached hydrogen (secondary N) is 1. The van der Waals surface area contributed by atoms with Crippen molar-refractivity contribution in [3.63, 3.8) is 0 Å². The van der Waals surface area contributed by atoms with Crippen molar-refractivity contribution in [3.8, 4) is 6.07 Å². The van der Waals surface area contributed by atoms with Gasteiger partial charge in [-0.05, 0) is 24.3 Å². The highest BCUT2D eigenvalue weighted by Crippen LogP contribution is 2.31. The average Bonchev–Trinajstić information content (AvgIpc) is 2.53. The molecule has 25 heavy (non-hydrogen) atoms. The summed E-state index contributed by atoms with van der Waals surface area (Å²) in [6.07, 6.45) is -4.07. The van der Waals surface area contributed by atoms with E-state index in [9.17, 15) is 30.8 Å². The lowest BCUT2D eigenvalue weighted by atomic mass is 10.2. The third-order valence-corrected chi connectivity index (χ3v) is 4.31. The molecule has 0 aliphatic rings. The Balaban J connectivity index is 2.46. The van der Waals surface area contributed by atoms with Gasteiger partial charge in [0.25, 0.3) is 15.9 Å². The topological polar surface area (TPSA) is 99.9 Å². The minimum absolute atomic E-state index is 0.553. The molecule has 1 amide bonds. The van der Waals surface area contributed by atoms with Crippen LogP contribution < -0.4 is 4.72 Å². The molecule has 1 heterocycles. The summed E-state index contributed by atoms with van der Waals surface area (Å²) < 4.78 is 77.8.